The molecule has 3 aromatic rings. The third-order valence-electron chi connectivity index (χ3n) is 4.12. The molecule has 2 N–H and O–H groups in total. The number of hydrogen-bond donors (Lipinski definition) is 2. The maximum absolute atomic E-state index is 11.3. The highest BCUT2D eigenvalue weighted by molar-refractivity contribution is 5.90. The fraction of sp³-hybridized carbons (Fsp3) is 0.211. The van der Waals surface area contributed by atoms with Crippen LogP contribution in [0.5, 0.6) is 5.75 Å². The lowest BCUT2D eigenvalue weighted by Gasteiger charge is -2.11. The van der Waals surface area contributed by atoms with Crippen molar-refractivity contribution in [1.29, 1.82) is 0 Å². The van der Waals surface area contributed by atoms with Crippen molar-refractivity contribution >= 4 is 16.9 Å². The predicted octanol–water partition coefficient (Wildman–Crippen LogP) is 3.58. The van der Waals surface area contributed by atoms with E-state index in [-0.39, 0.29) is 12.2 Å². The van der Waals surface area contributed by atoms with Gasteiger partial charge in [-0.25, -0.2) is 0 Å². The Kier molecular flexibility index (Phi) is 4.06. The minimum Gasteiger partial charge on any atom is -0.508 e. The van der Waals surface area contributed by atoms with E-state index in [0.717, 1.165) is 34.1 Å². The van der Waals surface area contributed by atoms with Gasteiger partial charge in [0.05, 0.1) is 6.42 Å². The normalized spacial score (nSPS) is 11.0. The minimum absolute atomic E-state index is 0.0368. The summed E-state index contributed by atoms with van der Waals surface area (Å²) in [6, 6.07) is 15.3. The zero-order chi connectivity index (χ0) is 16.4. The number of carboxylic acids is 1. The molecular weight excluding hydrogens is 290 g/mol. The lowest BCUT2D eigenvalue weighted by molar-refractivity contribution is -0.136. The molecule has 4 heteroatoms. The van der Waals surface area contributed by atoms with E-state index in [1.54, 1.807) is 12.1 Å². The number of nitrogens with zero attached hydrogens (tertiary/aromatic N) is 1. The number of benzene rings is 2. The molecular formula is C19H19NO3. The van der Waals surface area contributed by atoms with Crippen molar-refractivity contribution in [1.82, 2.24) is 4.57 Å². The number of carboxylic acid groups (broad SMARTS) is 1. The first-order valence-corrected chi connectivity index (χ1v) is 7.68. The Hall–Kier alpha value is -2.75. The van der Waals surface area contributed by atoms with Gasteiger partial charge in [0.2, 0.25) is 0 Å². The van der Waals surface area contributed by atoms with E-state index in [0.29, 0.717) is 6.54 Å². The first kappa shape index (κ1) is 15.2. The van der Waals surface area contributed by atoms with Crippen LogP contribution in [0.4, 0.5) is 0 Å². The zero-order valence-corrected chi connectivity index (χ0v) is 13.0. The predicted molar refractivity (Wildman–Crippen MR) is 89.9 cm³/mol. The van der Waals surface area contributed by atoms with Crippen molar-refractivity contribution < 1.29 is 15.0 Å². The van der Waals surface area contributed by atoms with Gasteiger partial charge < -0.3 is 14.8 Å². The summed E-state index contributed by atoms with van der Waals surface area (Å²) >= 11 is 0. The minimum atomic E-state index is -0.859. The number of aromatic hydroxyl groups is 1. The SMILES string of the molecule is CCc1c(CC(=O)O)c2cc(O)ccc2n1Cc1ccccc1. The van der Waals surface area contributed by atoms with Gasteiger partial charge in [0.1, 0.15) is 5.75 Å². The zero-order valence-electron chi connectivity index (χ0n) is 13.0. The second-order valence-corrected chi connectivity index (χ2v) is 5.62. The van der Waals surface area contributed by atoms with E-state index in [1.807, 2.05) is 31.2 Å². The molecule has 0 saturated carbocycles. The number of hydrogen-bond acceptors (Lipinski definition) is 2. The maximum Gasteiger partial charge on any atom is 0.307 e. The number of phenolic OH excluding ortho intramolecular Hbond substituents is 1. The fourth-order valence-corrected chi connectivity index (χ4v) is 3.16. The van der Waals surface area contributed by atoms with E-state index >= 15 is 0 Å². The Morgan fingerprint density at radius 2 is 1.87 bits per heavy atom. The molecule has 1 heterocycles. The highest BCUT2D eigenvalue weighted by atomic mass is 16.4. The third kappa shape index (κ3) is 2.93. The van der Waals surface area contributed by atoms with E-state index < -0.39 is 5.97 Å². The van der Waals surface area contributed by atoms with E-state index in [1.165, 1.54) is 0 Å². The van der Waals surface area contributed by atoms with Gasteiger partial charge in [-0.2, -0.15) is 0 Å². The lowest BCUT2D eigenvalue weighted by atomic mass is 10.1. The van der Waals surface area contributed by atoms with Crippen LogP contribution in [-0.4, -0.2) is 20.7 Å². The Balaban J connectivity index is 2.21. The van der Waals surface area contributed by atoms with Gasteiger partial charge in [-0.15, -0.1) is 0 Å². The van der Waals surface area contributed by atoms with Gasteiger partial charge in [-0.1, -0.05) is 37.3 Å². The van der Waals surface area contributed by atoms with Crippen LogP contribution < -0.4 is 0 Å². The van der Waals surface area contributed by atoms with Crippen LogP contribution in [-0.2, 0) is 24.2 Å². The van der Waals surface area contributed by atoms with E-state index in [4.69, 9.17) is 0 Å². The summed E-state index contributed by atoms with van der Waals surface area (Å²) in [7, 11) is 0. The Morgan fingerprint density at radius 3 is 2.52 bits per heavy atom. The van der Waals surface area contributed by atoms with Crippen LogP contribution in [0.1, 0.15) is 23.7 Å². The smallest absolute Gasteiger partial charge is 0.307 e. The van der Waals surface area contributed by atoms with Gasteiger partial charge in [0.25, 0.3) is 0 Å². The molecule has 4 nitrogen and oxygen atoms in total. The average Bonchev–Trinajstić information content (AvgIpc) is 2.80. The summed E-state index contributed by atoms with van der Waals surface area (Å²) in [6.07, 6.45) is 0.704. The van der Waals surface area contributed by atoms with Crippen molar-refractivity contribution in [3.8, 4) is 5.75 Å². The molecule has 0 aliphatic carbocycles. The quantitative estimate of drug-likeness (QED) is 0.757. The molecule has 1 aromatic heterocycles. The van der Waals surface area contributed by atoms with Crippen LogP contribution in [0.3, 0.4) is 0 Å². The largest absolute Gasteiger partial charge is 0.508 e. The Labute approximate surface area is 134 Å². The van der Waals surface area contributed by atoms with Crippen LogP contribution in [0.2, 0.25) is 0 Å². The second kappa shape index (κ2) is 6.16. The van der Waals surface area contributed by atoms with Gasteiger partial charge in [0.15, 0.2) is 0 Å². The number of carbonyl (C=O) groups is 1. The fourth-order valence-electron chi connectivity index (χ4n) is 3.16. The first-order valence-electron chi connectivity index (χ1n) is 7.68. The summed E-state index contributed by atoms with van der Waals surface area (Å²) in [4.78, 5) is 11.3. The molecule has 0 aliphatic heterocycles. The van der Waals surface area contributed by atoms with Crippen molar-refractivity contribution in [2.45, 2.75) is 26.3 Å². The van der Waals surface area contributed by atoms with E-state index in [9.17, 15) is 15.0 Å². The molecule has 0 saturated heterocycles. The summed E-state index contributed by atoms with van der Waals surface area (Å²) in [5, 5.41) is 19.9. The van der Waals surface area contributed by atoms with Crippen LogP contribution in [0.25, 0.3) is 10.9 Å². The number of rotatable bonds is 5. The molecule has 0 fully saturated rings. The van der Waals surface area contributed by atoms with Crippen molar-refractivity contribution in [3.05, 3.63) is 65.4 Å². The number of aromatic nitrogens is 1. The standard InChI is InChI=1S/C19H19NO3/c1-2-17-16(11-19(22)23)15-10-14(21)8-9-18(15)20(17)12-13-6-4-3-5-7-13/h3-10,21H,2,11-12H2,1H3,(H,22,23). The summed E-state index contributed by atoms with van der Waals surface area (Å²) in [5.74, 6) is -0.703. The van der Waals surface area contributed by atoms with Crippen LogP contribution in [0.15, 0.2) is 48.5 Å². The first-order chi connectivity index (χ1) is 11.1. The number of fused-ring (bicyclic) bond motifs is 1. The average molecular weight is 309 g/mol. The second-order valence-electron chi connectivity index (χ2n) is 5.62. The van der Waals surface area contributed by atoms with Crippen molar-refractivity contribution in [2.75, 3.05) is 0 Å². The van der Waals surface area contributed by atoms with Gasteiger partial charge in [-0.3, -0.25) is 4.79 Å². The maximum atomic E-state index is 11.3. The molecule has 3 rings (SSSR count). The molecule has 23 heavy (non-hydrogen) atoms. The van der Waals surface area contributed by atoms with Crippen LogP contribution in [0, 0.1) is 0 Å². The summed E-state index contributed by atoms with van der Waals surface area (Å²) in [5.41, 5.74) is 3.92. The molecule has 0 radical (unpaired) electrons. The van der Waals surface area contributed by atoms with Gasteiger partial charge >= 0.3 is 5.97 Å². The Morgan fingerprint density at radius 1 is 1.13 bits per heavy atom. The molecule has 0 unspecified atom stereocenters. The van der Waals surface area contributed by atoms with Crippen molar-refractivity contribution in [2.24, 2.45) is 0 Å². The molecule has 118 valence electrons. The van der Waals surface area contributed by atoms with Crippen molar-refractivity contribution in [3.63, 3.8) is 0 Å². The highest BCUT2D eigenvalue weighted by Gasteiger charge is 2.18. The Bertz CT molecular complexity index is 850. The molecule has 0 bridgehead atoms. The molecule has 0 amide bonds. The van der Waals surface area contributed by atoms with Crippen LogP contribution >= 0.6 is 0 Å². The molecule has 0 aliphatic rings. The number of phenols is 1. The summed E-state index contributed by atoms with van der Waals surface area (Å²) in [6.45, 7) is 2.71. The summed E-state index contributed by atoms with van der Waals surface area (Å²) < 4.78 is 2.16. The molecule has 0 atom stereocenters. The van der Waals surface area contributed by atoms with Gasteiger partial charge in [-0.05, 0) is 35.7 Å². The number of aliphatic carboxylic acids is 1. The monoisotopic (exact) mass is 309 g/mol. The molecule has 0 spiro atoms. The third-order valence-corrected chi connectivity index (χ3v) is 4.12. The molecule has 2 aromatic carbocycles. The van der Waals surface area contributed by atoms with Gasteiger partial charge in [0, 0.05) is 23.1 Å². The van der Waals surface area contributed by atoms with E-state index in [2.05, 4.69) is 16.7 Å². The topological polar surface area (TPSA) is 62.5 Å². The highest BCUT2D eigenvalue weighted by Crippen LogP contribution is 2.31. The lowest BCUT2D eigenvalue weighted by Crippen LogP contribution is -2.07.